The van der Waals surface area contributed by atoms with E-state index in [1.807, 2.05) is 36.4 Å². The van der Waals surface area contributed by atoms with Crippen LogP contribution < -0.4 is 18.9 Å². The molecule has 0 radical (unpaired) electrons. The van der Waals surface area contributed by atoms with Gasteiger partial charge in [-0.1, -0.05) is 17.3 Å². The summed E-state index contributed by atoms with van der Waals surface area (Å²) in [6.45, 7) is 0. The van der Waals surface area contributed by atoms with Crippen molar-refractivity contribution in [3.05, 3.63) is 42.7 Å². The molecular formula is C19H19NO5. The van der Waals surface area contributed by atoms with Gasteiger partial charge in [0.2, 0.25) is 5.75 Å². The van der Waals surface area contributed by atoms with Crippen molar-refractivity contribution in [3.63, 3.8) is 0 Å². The number of hydrogen-bond donors (Lipinski definition) is 0. The molecule has 0 saturated carbocycles. The van der Waals surface area contributed by atoms with E-state index in [0.29, 0.717) is 22.9 Å². The van der Waals surface area contributed by atoms with Gasteiger partial charge in [0.25, 0.3) is 0 Å². The van der Waals surface area contributed by atoms with Gasteiger partial charge in [0.15, 0.2) is 11.5 Å². The van der Waals surface area contributed by atoms with E-state index in [0.717, 1.165) is 22.4 Å². The Morgan fingerprint density at radius 3 is 1.92 bits per heavy atom. The Morgan fingerprint density at radius 1 is 0.760 bits per heavy atom. The molecule has 6 nitrogen and oxygen atoms in total. The van der Waals surface area contributed by atoms with Crippen LogP contribution in [0.5, 0.6) is 23.0 Å². The Kier molecular flexibility index (Phi) is 4.79. The van der Waals surface area contributed by atoms with E-state index < -0.39 is 0 Å². The number of aromatic nitrogens is 1. The van der Waals surface area contributed by atoms with Crippen molar-refractivity contribution in [1.82, 2.24) is 5.16 Å². The normalized spacial score (nSPS) is 10.4. The van der Waals surface area contributed by atoms with Gasteiger partial charge in [-0.3, -0.25) is 0 Å². The minimum absolute atomic E-state index is 0.531. The number of rotatable bonds is 6. The Balaban J connectivity index is 2.10. The molecule has 3 aromatic rings. The number of methoxy groups -OCH3 is 4. The maximum Gasteiger partial charge on any atom is 0.203 e. The molecule has 0 amide bonds. The monoisotopic (exact) mass is 341 g/mol. The molecule has 0 saturated heterocycles. The highest BCUT2D eigenvalue weighted by molar-refractivity contribution is 5.82. The molecule has 0 aliphatic heterocycles. The maximum atomic E-state index is 5.41. The largest absolute Gasteiger partial charge is 0.497 e. The fourth-order valence-electron chi connectivity index (χ4n) is 2.64. The predicted molar refractivity (Wildman–Crippen MR) is 93.6 cm³/mol. The summed E-state index contributed by atoms with van der Waals surface area (Å²) in [6, 6.07) is 11.4. The van der Waals surface area contributed by atoms with Crippen molar-refractivity contribution in [2.45, 2.75) is 0 Å². The van der Waals surface area contributed by atoms with Crippen molar-refractivity contribution in [3.8, 4) is 45.4 Å². The van der Waals surface area contributed by atoms with Crippen molar-refractivity contribution >= 4 is 0 Å². The van der Waals surface area contributed by atoms with Crippen LogP contribution in [0, 0.1) is 0 Å². The first-order valence-corrected chi connectivity index (χ1v) is 7.61. The van der Waals surface area contributed by atoms with E-state index in [-0.39, 0.29) is 0 Å². The first-order chi connectivity index (χ1) is 12.2. The Morgan fingerprint density at radius 2 is 1.40 bits per heavy atom. The van der Waals surface area contributed by atoms with Gasteiger partial charge >= 0.3 is 0 Å². The number of ether oxygens (including phenoxy) is 4. The predicted octanol–water partition coefficient (Wildman–Crippen LogP) is 4.04. The highest BCUT2D eigenvalue weighted by atomic mass is 16.5. The molecule has 0 aliphatic rings. The second-order valence-corrected chi connectivity index (χ2v) is 5.22. The van der Waals surface area contributed by atoms with Crippen molar-refractivity contribution in [2.24, 2.45) is 0 Å². The zero-order valence-corrected chi connectivity index (χ0v) is 14.5. The summed E-state index contributed by atoms with van der Waals surface area (Å²) in [7, 11) is 6.36. The molecule has 130 valence electrons. The van der Waals surface area contributed by atoms with Crippen LogP contribution in [0.3, 0.4) is 0 Å². The van der Waals surface area contributed by atoms with Crippen LogP contribution in [0.25, 0.3) is 22.4 Å². The molecule has 25 heavy (non-hydrogen) atoms. The van der Waals surface area contributed by atoms with Crippen LogP contribution in [-0.4, -0.2) is 33.6 Å². The number of benzene rings is 2. The summed E-state index contributed by atoms with van der Waals surface area (Å²) < 4.78 is 26.6. The van der Waals surface area contributed by atoms with Crippen LogP contribution in [0.15, 0.2) is 47.2 Å². The highest BCUT2D eigenvalue weighted by Crippen LogP contribution is 2.42. The summed E-state index contributed by atoms with van der Waals surface area (Å²) in [5.74, 6) is 2.43. The third-order valence-electron chi connectivity index (χ3n) is 3.91. The summed E-state index contributed by atoms with van der Waals surface area (Å²) in [6.07, 6.45) is 1.61. The molecule has 0 atom stereocenters. The van der Waals surface area contributed by atoms with E-state index >= 15 is 0 Å². The van der Waals surface area contributed by atoms with Crippen molar-refractivity contribution in [2.75, 3.05) is 28.4 Å². The third-order valence-corrected chi connectivity index (χ3v) is 3.91. The summed E-state index contributed by atoms with van der Waals surface area (Å²) >= 11 is 0. The van der Waals surface area contributed by atoms with Crippen LogP contribution in [-0.2, 0) is 0 Å². The lowest BCUT2D eigenvalue weighted by molar-refractivity contribution is 0.324. The molecule has 6 heteroatoms. The molecule has 1 heterocycles. The number of nitrogens with zero attached hydrogens (tertiary/aromatic N) is 1. The second kappa shape index (κ2) is 7.17. The van der Waals surface area contributed by atoms with E-state index in [9.17, 15) is 0 Å². The van der Waals surface area contributed by atoms with Gasteiger partial charge in [0.05, 0.1) is 28.4 Å². The number of hydrogen-bond acceptors (Lipinski definition) is 6. The molecule has 1 aromatic heterocycles. The summed E-state index contributed by atoms with van der Waals surface area (Å²) in [5.41, 5.74) is 3.31. The fraction of sp³-hybridized carbons (Fsp3) is 0.211. The standard InChI is InChI=1S/C19H19NO5/c1-21-14-7-5-12(6-8-14)15-11-25-20-18(15)13-9-16(22-2)19(24-4)17(10-13)23-3/h5-11H,1-4H3. The zero-order valence-electron chi connectivity index (χ0n) is 14.5. The third kappa shape index (κ3) is 3.10. The molecule has 2 aromatic carbocycles. The van der Waals surface area contributed by atoms with Crippen molar-refractivity contribution in [1.29, 1.82) is 0 Å². The van der Waals surface area contributed by atoms with Crippen LogP contribution >= 0.6 is 0 Å². The fourth-order valence-corrected chi connectivity index (χ4v) is 2.64. The molecule has 0 spiro atoms. The highest BCUT2D eigenvalue weighted by Gasteiger charge is 2.19. The van der Waals surface area contributed by atoms with Gasteiger partial charge in [0.1, 0.15) is 17.7 Å². The molecule has 3 rings (SSSR count). The SMILES string of the molecule is COc1ccc(-c2conc2-c2cc(OC)c(OC)c(OC)c2)cc1. The van der Waals surface area contributed by atoms with Gasteiger partial charge in [-0.2, -0.15) is 0 Å². The average molecular weight is 341 g/mol. The molecule has 0 unspecified atom stereocenters. The first-order valence-electron chi connectivity index (χ1n) is 7.61. The minimum atomic E-state index is 0.531. The van der Waals surface area contributed by atoms with Crippen LogP contribution in [0.2, 0.25) is 0 Å². The van der Waals surface area contributed by atoms with Crippen LogP contribution in [0.1, 0.15) is 0 Å². The molecule has 0 bridgehead atoms. The van der Waals surface area contributed by atoms with E-state index in [2.05, 4.69) is 5.16 Å². The Labute approximate surface area is 145 Å². The average Bonchev–Trinajstić information content (AvgIpc) is 3.16. The van der Waals surface area contributed by atoms with Gasteiger partial charge in [-0.05, 0) is 29.8 Å². The molecular weight excluding hydrogens is 322 g/mol. The smallest absolute Gasteiger partial charge is 0.203 e. The molecule has 0 aliphatic carbocycles. The lowest BCUT2D eigenvalue weighted by atomic mass is 10.0. The lowest BCUT2D eigenvalue weighted by Gasteiger charge is -2.13. The van der Waals surface area contributed by atoms with Gasteiger partial charge in [-0.15, -0.1) is 0 Å². The lowest BCUT2D eigenvalue weighted by Crippen LogP contribution is -1.96. The van der Waals surface area contributed by atoms with E-state index in [1.165, 1.54) is 0 Å². The summed E-state index contributed by atoms with van der Waals surface area (Å²) in [5, 5.41) is 4.15. The second-order valence-electron chi connectivity index (χ2n) is 5.22. The maximum absolute atomic E-state index is 5.41. The molecule has 0 fully saturated rings. The van der Waals surface area contributed by atoms with Crippen LogP contribution in [0.4, 0.5) is 0 Å². The minimum Gasteiger partial charge on any atom is -0.497 e. The van der Waals surface area contributed by atoms with E-state index in [4.69, 9.17) is 23.5 Å². The quantitative estimate of drug-likeness (QED) is 0.674. The molecule has 0 N–H and O–H groups in total. The Hall–Kier alpha value is -3.15. The van der Waals surface area contributed by atoms with Gasteiger partial charge in [0, 0.05) is 11.1 Å². The van der Waals surface area contributed by atoms with Crippen molar-refractivity contribution < 1.29 is 23.5 Å². The first kappa shape index (κ1) is 16.7. The van der Waals surface area contributed by atoms with Gasteiger partial charge in [-0.25, -0.2) is 0 Å². The summed E-state index contributed by atoms with van der Waals surface area (Å²) in [4.78, 5) is 0. The van der Waals surface area contributed by atoms with E-state index in [1.54, 1.807) is 34.7 Å². The van der Waals surface area contributed by atoms with Gasteiger partial charge < -0.3 is 23.5 Å². The Bertz CT molecular complexity index is 830. The topological polar surface area (TPSA) is 63.0 Å². The zero-order chi connectivity index (χ0) is 17.8.